The number of benzene rings is 1. The van der Waals surface area contributed by atoms with Gasteiger partial charge in [0.05, 0.1) is 5.56 Å². The standard InChI is InChI=1S/C14H18BrClN2O/c1-18(9-10-4-6-17-7-5-10)14(19)12-3-2-11(16)8-13(12)15/h2-3,8,10,17H,4-7,9H2,1H3. The number of halogens is 2. The summed E-state index contributed by atoms with van der Waals surface area (Å²) in [6, 6.07) is 5.28. The van der Waals surface area contributed by atoms with E-state index >= 15 is 0 Å². The number of piperidine rings is 1. The summed E-state index contributed by atoms with van der Waals surface area (Å²) in [7, 11) is 1.87. The van der Waals surface area contributed by atoms with Crippen LogP contribution < -0.4 is 5.32 Å². The largest absolute Gasteiger partial charge is 0.341 e. The van der Waals surface area contributed by atoms with Crippen LogP contribution in [0.15, 0.2) is 22.7 Å². The van der Waals surface area contributed by atoms with Gasteiger partial charge in [0.15, 0.2) is 0 Å². The topological polar surface area (TPSA) is 32.3 Å². The van der Waals surface area contributed by atoms with Crippen LogP contribution in [0, 0.1) is 5.92 Å². The lowest BCUT2D eigenvalue weighted by Crippen LogP contribution is -2.37. The predicted octanol–water partition coefficient (Wildman–Crippen LogP) is 3.17. The molecule has 1 amide bonds. The second kappa shape index (κ2) is 6.73. The van der Waals surface area contributed by atoms with Gasteiger partial charge >= 0.3 is 0 Å². The molecule has 1 aromatic carbocycles. The number of carbonyl (C=O) groups is 1. The third-order valence-corrected chi connectivity index (χ3v) is 4.39. The molecule has 19 heavy (non-hydrogen) atoms. The zero-order valence-corrected chi connectivity index (χ0v) is 13.3. The summed E-state index contributed by atoms with van der Waals surface area (Å²) in [5.74, 6) is 0.642. The van der Waals surface area contributed by atoms with Gasteiger partial charge in [0, 0.05) is 23.1 Å². The lowest BCUT2D eigenvalue weighted by atomic mass is 9.97. The third-order valence-electron chi connectivity index (χ3n) is 3.50. The van der Waals surface area contributed by atoms with E-state index in [9.17, 15) is 4.79 Å². The SMILES string of the molecule is CN(CC1CCNCC1)C(=O)c1ccc(Cl)cc1Br. The van der Waals surface area contributed by atoms with Gasteiger partial charge in [0.2, 0.25) is 0 Å². The molecule has 0 unspecified atom stereocenters. The highest BCUT2D eigenvalue weighted by atomic mass is 79.9. The Morgan fingerprint density at radius 1 is 1.47 bits per heavy atom. The van der Waals surface area contributed by atoms with E-state index < -0.39 is 0 Å². The summed E-state index contributed by atoms with van der Waals surface area (Å²) in [6.45, 7) is 2.92. The highest BCUT2D eigenvalue weighted by molar-refractivity contribution is 9.10. The summed E-state index contributed by atoms with van der Waals surface area (Å²) in [5.41, 5.74) is 0.667. The zero-order valence-electron chi connectivity index (χ0n) is 11.0. The van der Waals surface area contributed by atoms with Crippen molar-refractivity contribution in [3.05, 3.63) is 33.3 Å². The van der Waals surface area contributed by atoms with E-state index in [4.69, 9.17) is 11.6 Å². The summed E-state index contributed by atoms with van der Waals surface area (Å²) in [4.78, 5) is 14.2. The van der Waals surface area contributed by atoms with Crippen LogP contribution in [0.5, 0.6) is 0 Å². The second-order valence-corrected chi connectivity index (χ2v) is 6.29. The Hall–Kier alpha value is -0.580. The van der Waals surface area contributed by atoms with E-state index in [1.807, 2.05) is 11.9 Å². The molecule has 0 saturated carbocycles. The van der Waals surface area contributed by atoms with E-state index in [1.54, 1.807) is 18.2 Å². The average molecular weight is 346 g/mol. The Morgan fingerprint density at radius 3 is 2.79 bits per heavy atom. The molecule has 0 bridgehead atoms. The maximum absolute atomic E-state index is 12.4. The molecule has 1 heterocycles. The number of rotatable bonds is 3. The highest BCUT2D eigenvalue weighted by Crippen LogP contribution is 2.23. The normalized spacial score (nSPS) is 16.4. The number of nitrogens with zero attached hydrogens (tertiary/aromatic N) is 1. The minimum atomic E-state index is 0.0436. The quantitative estimate of drug-likeness (QED) is 0.912. The van der Waals surface area contributed by atoms with Gasteiger partial charge < -0.3 is 10.2 Å². The Bertz CT molecular complexity index is 461. The molecule has 0 aliphatic carbocycles. The van der Waals surface area contributed by atoms with Gasteiger partial charge in [-0.2, -0.15) is 0 Å². The van der Waals surface area contributed by atoms with Crippen molar-refractivity contribution < 1.29 is 4.79 Å². The van der Waals surface area contributed by atoms with Crippen LogP contribution in [0.4, 0.5) is 0 Å². The van der Waals surface area contributed by atoms with Crippen LogP contribution >= 0.6 is 27.5 Å². The van der Waals surface area contributed by atoms with Crippen LogP contribution in [0.2, 0.25) is 5.02 Å². The minimum Gasteiger partial charge on any atom is -0.341 e. The van der Waals surface area contributed by atoms with Gasteiger partial charge in [-0.05, 0) is 66.0 Å². The van der Waals surface area contributed by atoms with E-state index in [0.717, 1.165) is 36.9 Å². The number of hydrogen-bond donors (Lipinski definition) is 1. The van der Waals surface area contributed by atoms with Crippen molar-refractivity contribution in [2.24, 2.45) is 5.92 Å². The van der Waals surface area contributed by atoms with E-state index in [0.29, 0.717) is 16.5 Å². The first-order valence-electron chi connectivity index (χ1n) is 6.49. The molecular formula is C14H18BrClN2O. The van der Waals surface area contributed by atoms with E-state index in [1.165, 1.54) is 0 Å². The molecule has 1 fully saturated rings. The molecule has 1 saturated heterocycles. The Labute approximate surface area is 127 Å². The first-order chi connectivity index (χ1) is 9.08. The fourth-order valence-electron chi connectivity index (χ4n) is 2.40. The second-order valence-electron chi connectivity index (χ2n) is 5.00. The van der Waals surface area contributed by atoms with Crippen LogP contribution in [0.1, 0.15) is 23.2 Å². The van der Waals surface area contributed by atoms with Gasteiger partial charge in [-0.3, -0.25) is 4.79 Å². The molecule has 1 N–H and O–H groups in total. The lowest BCUT2D eigenvalue weighted by molar-refractivity contribution is 0.0762. The molecule has 3 nitrogen and oxygen atoms in total. The van der Waals surface area contributed by atoms with Crippen molar-refractivity contribution in [1.29, 1.82) is 0 Å². The van der Waals surface area contributed by atoms with Gasteiger partial charge in [-0.1, -0.05) is 11.6 Å². The van der Waals surface area contributed by atoms with Gasteiger partial charge in [-0.15, -0.1) is 0 Å². The first kappa shape index (κ1) is 14.8. The van der Waals surface area contributed by atoms with Crippen molar-refractivity contribution in [2.75, 3.05) is 26.7 Å². The number of carbonyl (C=O) groups excluding carboxylic acids is 1. The Morgan fingerprint density at radius 2 is 2.16 bits per heavy atom. The molecule has 5 heteroatoms. The fraction of sp³-hybridized carbons (Fsp3) is 0.500. The molecule has 0 atom stereocenters. The summed E-state index contributed by atoms with van der Waals surface area (Å²) < 4.78 is 0.752. The highest BCUT2D eigenvalue weighted by Gasteiger charge is 2.20. The molecule has 2 rings (SSSR count). The molecule has 104 valence electrons. The van der Waals surface area contributed by atoms with Gasteiger partial charge in [0.25, 0.3) is 5.91 Å². The van der Waals surface area contributed by atoms with Crippen molar-refractivity contribution in [3.8, 4) is 0 Å². The molecule has 0 radical (unpaired) electrons. The fourth-order valence-corrected chi connectivity index (χ4v) is 3.26. The molecule has 0 spiro atoms. The molecule has 1 aliphatic rings. The zero-order chi connectivity index (χ0) is 13.8. The van der Waals surface area contributed by atoms with Crippen molar-refractivity contribution in [3.63, 3.8) is 0 Å². The molecule has 1 aliphatic heterocycles. The van der Waals surface area contributed by atoms with Gasteiger partial charge in [-0.25, -0.2) is 0 Å². The summed E-state index contributed by atoms with van der Waals surface area (Å²) in [5, 5.41) is 3.97. The Kier molecular flexibility index (Phi) is 5.25. The third kappa shape index (κ3) is 3.94. The maximum Gasteiger partial charge on any atom is 0.254 e. The van der Waals surface area contributed by atoms with Crippen LogP contribution in [-0.2, 0) is 0 Å². The smallest absolute Gasteiger partial charge is 0.254 e. The van der Waals surface area contributed by atoms with Crippen LogP contribution in [-0.4, -0.2) is 37.5 Å². The Balaban J connectivity index is 2.01. The van der Waals surface area contributed by atoms with Gasteiger partial charge in [0.1, 0.15) is 0 Å². The molecule has 1 aromatic rings. The summed E-state index contributed by atoms with van der Waals surface area (Å²) in [6.07, 6.45) is 2.28. The lowest BCUT2D eigenvalue weighted by Gasteiger charge is -2.27. The molecule has 0 aromatic heterocycles. The van der Waals surface area contributed by atoms with Crippen molar-refractivity contribution in [1.82, 2.24) is 10.2 Å². The first-order valence-corrected chi connectivity index (χ1v) is 7.66. The number of nitrogens with one attached hydrogen (secondary N) is 1. The van der Waals surface area contributed by atoms with Crippen molar-refractivity contribution >= 4 is 33.4 Å². The van der Waals surface area contributed by atoms with Crippen LogP contribution in [0.25, 0.3) is 0 Å². The van der Waals surface area contributed by atoms with E-state index in [2.05, 4.69) is 21.2 Å². The number of amides is 1. The number of hydrogen-bond acceptors (Lipinski definition) is 2. The average Bonchev–Trinajstić information content (AvgIpc) is 2.39. The monoisotopic (exact) mass is 344 g/mol. The molecular weight excluding hydrogens is 328 g/mol. The van der Waals surface area contributed by atoms with Crippen molar-refractivity contribution in [2.45, 2.75) is 12.8 Å². The van der Waals surface area contributed by atoms with E-state index in [-0.39, 0.29) is 5.91 Å². The predicted molar refractivity (Wildman–Crippen MR) is 81.7 cm³/mol. The maximum atomic E-state index is 12.4. The minimum absolute atomic E-state index is 0.0436. The summed E-state index contributed by atoms with van der Waals surface area (Å²) >= 11 is 9.29. The van der Waals surface area contributed by atoms with Crippen LogP contribution in [0.3, 0.4) is 0 Å².